The normalized spacial score (nSPS) is 14.2. The first kappa shape index (κ1) is 14.0. The summed E-state index contributed by atoms with van der Waals surface area (Å²) in [6.45, 7) is 4.92. The second kappa shape index (κ2) is 6.19. The SMILES string of the molecule is C[C@@H](Cn1cccn1)N[C@H](C)c1nnc(-c2cccs2)o1. The third kappa shape index (κ3) is 3.37. The summed E-state index contributed by atoms with van der Waals surface area (Å²) in [5.74, 6) is 1.18. The van der Waals surface area contributed by atoms with Gasteiger partial charge in [0.05, 0.1) is 17.5 Å². The summed E-state index contributed by atoms with van der Waals surface area (Å²) < 4.78 is 7.63. The number of thiophene rings is 1. The maximum absolute atomic E-state index is 5.73. The van der Waals surface area contributed by atoms with Gasteiger partial charge in [-0.3, -0.25) is 4.68 Å². The fraction of sp³-hybridized carbons (Fsp3) is 0.357. The molecule has 0 bridgehead atoms. The van der Waals surface area contributed by atoms with Gasteiger partial charge in [0.15, 0.2) is 0 Å². The van der Waals surface area contributed by atoms with Crippen molar-refractivity contribution in [2.75, 3.05) is 0 Å². The second-order valence-corrected chi connectivity index (χ2v) is 5.89. The molecule has 0 saturated carbocycles. The zero-order chi connectivity index (χ0) is 14.7. The van der Waals surface area contributed by atoms with E-state index in [4.69, 9.17) is 4.42 Å². The molecule has 0 saturated heterocycles. The molecule has 0 amide bonds. The molecule has 0 spiro atoms. The Hall–Kier alpha value is -1.99. The van der Waals surface area contributed by atoms with Crippen LogP contribution in [-0.2, 0) is 6.54 Å². The monoisotopic (exact) mass is 303 g/mol. The highest BCUT2D eigenvalue weighted by Crippen LogP contribution is 2.24. The highest BCUT2D eigenvalue weighted by molar-refractivity contribution is 7.13. The molecule has 110 valence electrons. The Morgan fingerprint density at radius 3 is 2.95 bits per heavy atom. The number of hydrogen-bond donors (Lipinski definition) is 1. The molecule has 0 radical (unpaired) electrons. The third-order valence-corrected chi connectivity index (χ3v) is 3.96. The van der Waals surface area contributed by atoms with Crippen molar-refractivity contribution in [2.45, 2.75) is 32.5 Å². The Morgan fingerprint density at radius 1 is 1.33 bits per heavy atom. The number of nitrogens with zero attached hydrogens (tertiary/aromatic N) is 4. The van der Waals surface area contributed by atoms with Gasteiger partial charge >= 0.3 is 0 Å². The molecule has 0 aromatic carbocycles. The Morgan fingerprint density at radius 2 is 2.24 bits per heavy atom. The van der Waals surface area contributed by atoms with E-state index in [1.54, 1.807) is 17.5 Å². The van der Waals surface area contributed by atoms with Crippen LogP contribution in [0.25, 0.3) is 10.8 Å². The van der Waals surface area contributed by atoms with Crippen LogP contribution in [0.1, 0.15) is 25.8 Å². The van der Waals surface area contributed by atoms with E-state index in [1.807, 2.05) is 41.4 Å². The molecule has 21 heavy (non-hydrogen) atoms. The molecule has 1 N–H and O–H groups in total. The molecule has 0 aliphatic rings. The molecule has 3 aromatic rings. The van der Waals surface area contributed by atoms with E-state index in [1.165, 1.54) is 0 Å². The van der Waals surface area contributed by atoms with Gasteiger partial charge in [-0.1, -0.05) is 6.07 Å². The van der Waals surface area contributed by atoms with Gasteiger partial charge in [0, 0.05) is 18.4 Å². The Bertz CT molecular complexity index is 661. The predicted molar refractivity (Wildman–Crippen MR) is 80.9 cm³/mol. The van der Waals surface area contributed by atoms with Crippen molar-refractivity contribution in [1.82, 2.24) is 25.3 Å². The first-order valence-electron chi connectivity index (χ1n) is 6.83. The van der Waals surface area contributed by atoms with Gasteiger partial charge in [-0.25, -0.2) is 0 Å². The largest absolute Gasteiger partial charge is 0.418 e. The van der Waals surface area contributed by atoms with Gasteiger partial charge in [0.1, 0.15) is 0 Å². The Labute approximate surface area is 126 Å². The van der Waals surface area contributed by atoms with Crippen molar-refractivity contribution in [2.24, 2.45) is 0 Å². The Kier molecular flexibility index (Phi) is 4.12. The highest BCUT2D eigenvalue weighted by Gasteiger charge is 2.17. The van der Waals surface area contributed by atoms with Crippen LogP contribution in [-0.4, -0.2) is 26.0 Å². The van der Waals surface area contributed by atoms with Crippen molar-refractivity contribution in [3.8, 4) is 10.8 Å². The average molecular weight is 303 g/mol. The third-order valence-electron chi connectivity index (χ3n) is 3.10. The maximum atomic E-state index is 5.73. The lowest BCUT2D eigenvalue weighted by molar-refractivity contribution is 0.362. The van der Waals surface area contributed by atoms with Crippen LogP contribution in [0, 0.1) is 0 Å². The Balaban J connectivity index is 1.61. The van der Waals surface area contributed by atoms with Crippen LogP contribution in [0.5, 0.6) is 0 Å². The number of rotatable bonds is 6. The molecule has 2 atom stereocenters. The molecule has 0 unspecified atom stereocenters. The van der Waals surface area contributed by atoms with Crippen LogP contribution in [0.15, 0.2) is 40.4 Å². The zero-order valence-corrected chi connectivity index (χ0v) is 12.7. The van der Waals surface area contributed by atoms with E-state index in [-0.39, 0.29) is 12.1 Å². The zero-order valence-electron chi connectivity index (χ0n) is 11.9. The minimum Gasteiger partial charge on any atom is -0.418 e. The van der Waals surface area contributed by atoms with E-state index >= 15 is 0 Å². The topological polar surface area (TPSA) is 68.8 Å². The van der Waals surface area contributed by atoms with E-state index in [9.17, 15) is 0 Å². The van der Waals surface area contributed by atoms with E-state index < -0.39 is 0 Å². The van der Waals surface area contributed by atoms with E-state index in [2.05, 4.69) is 27.5 Å². The molecule has 3 aromatic heterocycles. The summed E-state index contributed by atoms with van der Waals surface area (Å²) in [7, 11) is 0. The van der Waals surface area contributed by atoms with Crippen LogP contribution in [0.4, 0.5) is 0 Å². The molecule has 0 aliphatic carbocycles. The van der Waals surface area contributed by atoms with Gasteiger partial charge in [0.25, 0.3) is 5.89 Å². The van der Waals surface area contributed by atoms with Crippen molar-refractivity contribution < 1.29 is 4.42 Å². The fourth-order valence-corrected chi connectivity index (χ4v) is 2.79. The van der Waals surface area contributed by atoms with Crippen molar-refractivity contribution >= 4 is 11.3 Å². The van der Waals surface area contributed by atoms with Gasteiger partial charge in [-0.2, -0.15) is 5.10 Å². The summed E-state index contributed by atoms with van der Waals surface area (Å²) in [4.78, 5) is 0.991. The van der Waals surface area contributed by atoms with E-state index in [0.29, 0.717) is 11.8 Å². The summed E-state index contributed by atoms with van der Waals surface area (Å²) in [5.41, 5.74) is 0. The lowest BCUT2D eigenvalue weighted by Crippen LogP contribution is -2.33. The summed E-state index contributed by atoms with van der Waals surface area (Å²) in [6, 6.07) is 6.10. The second-order valence-electron chi connectivity index (χ2n) is 4.94. The van der Waals surface area contributed by atoms with Crippen molar-refractivity contribution in [1.29, 1.82) is 0 Å². The first-order chi connectivity index (χ1) is 10.2. The van der Waals surface area contributed by atoms with Crippen molar-refractivity contribution in [3.05, 3.63) is 41.9 Å². The van der Waals surface area contributed by atoms with Crippen LogP contribution in [0.2, 0.25) is 0 Å². The molecular weight excluding hydrogens is 286 g/mol. The average Bonchev–Trinajstić information content (AvgIpc) is 3.20. The maximum Gasteiger partial charge on any atom is 0.257 e. The molecule has 6 nitrogen and oxygen atoms in total. The van der Waals surface area contributed by atoms with E-state index in [0.717, 1.165) is 11.4 Å². The van der Waals surface area contributed by atoms with Crippen molar-refractivity contribution in [3.63, 3.8) is 0 Å². The first-order valence-corrected chi connectivity index (χ1v) is 7.71. The van der Waals surface area contributed by atoms with Gasteiger partial charge in [-0.05, 0) is 31.4 Å². The lowest BCUT2D eigenvalue weighted by Gasteiger charge is -2.17. The van der Waals surface area contributed by atoms with Crippen LogP contribution in [0.3, 0.4) is 0 Å². The number of nitrogens with one attached hydrogen (secondary N) is 1. The molecule has 7 heteroatoms. The minimum absolute atomic E-state index is 0.00299. The molecule has 3 heterocycles. The summed E-state index contributed by atoms with van der Waals surface area (Å²) in [5, 5.41) is 17.9. The van der Waals surface area contributed by atoms with Crippen LogP contribution >= 0.6 is 11.3 Å². The molecule has 3 rings (SSSR count). The minimum atomic E-state index is -0.00299. The van der Waals surface area contributed by atoms with Gasteiger partial charge < -0.3 is 9.73 Å². The molecular formula is C14H17N5OS. The highest BCUT2D eigenvalue weighted by atomic mass is 32.1. The standard InChI is InChI=1S/C14H17N5OS/c1-10(9-19-7-4-6-15-19)16-11(2)13-17-18-14(20-13)12-5-3-8-21-12/h3-8,10-11,16H,9H2,1-2H3/t10-,11+/m0/s1. The fourth-order valence-electron chi connectivity index (χ4n) is 2.15. The quantitative estimate of drug-likeness (QED) is 0.758. The van der Waals surface area contributed by atoms with Gasteiger partial charge in [-0.15, -0.1) is 21.5 Å². The van der Waals surface area contributed by atoms with Crippen LogP contribution < -0.4 is 5.32 Å². The summed E-state index contributed by atoms with van der Waals surface area (Å²) >= 11 is 1.59. The number of aromatic nitrogens is 4. The lowest BCUT2D eigenvalue weighted by atomic mass is 10.2. The number of hydrogen-bond acceptors (Lipinski definition) is 6. The van der Waals surface area contributed by atoms with Gasteiger partial charge in [0.2, 0.25) is 5.89 Å². The summed E-state index contributed by atoms with van der Waals surface area (Å²) in [6.07, 6.45) is 3.73. The smallest absolute Gasteiger partial charge is 0.257 e. The predicted octanol–water partition coefficient (Wildman–Crippen LogP) is 2.73. The molecule has 0 aliphatic heterocycles. The molecule has 0 fully saturated rings.